The largest absolute Gasteiger partial charge is 0.351 e. The van der Waals surface area contributed by atoms with Crippen LogP contribution in [0.4, 0.5) is 0 Å². The van der Waals surface area contributed by atoms with Gasteiger partial charge in [0.1, 0.15) is 0 Å². The summed E-state index contributed by atoms with van der Waals surface area (Å²) in [5.74, 6) is 0.257. The molecule has 0 bridgehead atoms. The Morgan fingerprint density at radius 3 is 2.76 bits per heavy atom. The molecule has 0 aromatic carbocycles. The third-order valence-corrected chi connectivity index (χ3v) is 3.96. The molecule has 1 atom stereocenters. The molecule has 2 aromatic rings. The van der Waals surface area contributed by atoms with Gasteiger partial charge in [-0.1, -0.05) is 5.16 Å². The van der Waals surface area contributed by atoms with Gasteiger partial charge < -0.3 is 9.42 Å². The molecule has 1 amide bonds. The number of carbonyl (C=O) groups is 1. The van der Waals surface area contributed by atoms with Crippen LogP contribution in [0.25, 0.3) is 0 Å². The fourth-order valence-electron chi connectivity index (χ4n) is 2.96. The first-order valence-corrected chi connectivity index (χ1v) is 7.30. The summed E-state index contributed by atoms with van der Waals surface area (Å²) in [6, 6.07) is 3.92. The van der Waals surface area contributed by atoms with Gasteiger partial charge in [0.15, 0.2) is 0 Å². The lowest BCUT2D eigenvalue weighted by molar-refractivity contribution is 0.0679. The Kier molecular flexibility index (Phi) is 3.53. The van der Waals surface area contributed by atoms with Crippen LogP contribution in [0, 0.1) is 20.8 Å². The predicted octanol–water partition coefficient (Wildman–Crippen LogP) is 2.10. The Bertz CT molecular complexity index is 658. The molecule has 6 nitrogen and oxygen atoms in total. The molecule has 0 radical (unpaired) electrons. The van der Waals surface area contributed by atoms with Gasteiger partial charge in [0.25, 0.3) is 5.91 Å². The quantitative estimate of drug-likeness (QED) is 0.867. The highest BCUT2D eigenvalue weighted by Crippen LogP contribution is 2.22. The number of likely N-dealkylation sites (tertiary alicyclic amines) is 1. The van der Waals surface area contributed by atoms with Gasteiger partial charge in [0.2, 0.25) is 5.76 Å². The minimum Gasteiger partial charge on any atom is -0.351 e. The molecular formula is C15H20N4O2. The van der Waals surface area contributed by atoms with Crippen molar-refractivity contribution in [2.45, 2.75) is 46.2 Å². The molecule has 6 heteroatoms. The van der Waals surface area contributed by atoms with Crippen LogP contribution in [-0.2, 0) is 6.54 Å². The SMILES string of the molecule is Cc1cc(C(=O)N2CCC[C@H]2Cn2nc(C)cc2C)on1. The first-order valence-electron chi connectivity index (χ1n) is 7.30. The molecule has 2 aromatic heterocycles. The van der Waals surface area contributed by atoms with Crippen molar-refractivity contribution in [3.8, 4) is 0 Å². The number of amides is 1. The molecule has 1 aliphatic heterocycles. The zero-order valence-electron chi connectivity index (χ0n) is 12.7. The molecular weight excluding hydrogens is 268 g/mol. The van der Waals surface area contributed by atoms with Crippen LogP contribution in [0.2, 0.25) is 0 Å². The van der Waals surface area contributed by atoms with E-state index in [-0.39, 0.29) is 11.9 Å². The van der Waals surface area contributed by atoms with E-state index in [2.05, 4.69) is 16.3 Å². The van der Waals surface area contributed by atoms with Crippen molar-refractivity contribution in [1.82, 2.24) is 19.8 Å². The fraction of sp³-hybridized carbons (Fsp3) is 0.533. The van der Waals surface area contributed by atoms with Crippen LogP contribution in [0.1, 0.15) is 40.5 Å². The second-order valence-electron chi connectivity index (χ2n) is 5.74. The molecule has 0 N–H and O–H groups in total. The normalized spacial score (nSPS) is 18.4. The third-order valence-electron chi connectivity index (χ3n) is 3.96. The van der Waals surface area contributed by atoms with E-state index in [9.17, 15) is 4.79 Å². The zero-order valence-corrected chi connectivity index (χ0v) is 12.7. The number of carbonyl (C=O) groups excluding carboxylic acids is 1. The van der Waals surface area contributed by atoms with Crippen molar-refractivity contribution in [3.05, 3.63) is 35.0 Å². The van der Waals surface area contributed by atoms with Crippen molar-refractivity contribution < 1.29 is 9.32 Å². The average Bonchev–Trinajstić information content (AvgIpc) is 3.12. The Morgan fingerprint density at radius 2 is 2.14 bits per heavy atom. The van der Waals surface area contributed by atoms with Gasteiger partial charge in [-0.2, -0.15) is 5.10 Å². The lowest BCUT2D eigenvalue weighted by Crippen LogP contribution is -2.38. The Labute approximate surface area is 123 Å². The molecule has 0 saturated carbocycles. The molecule has 3 rings (SSSR count). The van der Waals surface area contributed by atoms with Gasteiger partial charge in [0.05, 0.1) is 24.0 Å². The molecule has 112 valence electrons. The van der Waals surface area contributed by atoms with E-state index < -0.39 is 0 Å². The number of hydrogen-bond acceptors (Lipinski definition) is 4. The Morgan fingerprint density at radius 1 is 1.33 bits per heavy atom. The predicted molar refractivity (Wildman–Crippen MR) is 77.0 cm³/mol. The minimum absolute atomic E-state index is 0.0698. The van der Waals surface area contributed by atoms with Crippen molar-refractivity contribution >= 4 is 5.91 Å². The second-order valence-corrected chi connectivity index (χ2v) is 5.74. The van der Waals surface area contributed by atoms with Crippen LogP contribution in [0.15, 0.2) is 16.7 Å². The molecule has 0 aliphatic carbocycles. The molecule has 0 unspecified atom stereocenters. The Hall–Kier alpha value is -2.11. The van der Waals surface area contributed by atoms with E-state index in [1.807, 2.05) is 30.4 Å². The Balaban J connectivity index is 1.76. The molecule has 21 heavy (non-hydrogen) atoms. The van der Waals surface area contributed by atoms with Crippen LogP contribution in [-0.4, -0.2) is 38.3 Å². The summed E-state index contributed by atoms with van der Waals surface area (Å²) in [4.78, 5) is 14.4. The molecule has 1 aliphatic rings. The maximum atomic E-state index is 12.5. The maximum absolute atomic E-state index is 12.5. The minimum atomic E-state index is -0.0698. The number of nitrogens with zero attached hydrogens (tertiary/aromatic N) is 4. The van der Waals surface area contributed by atoms with Crippen LogP contribution >= 0.6 is 0 Å². The zero-order chi connectivity index (χ0) is 15.0. The van der Waals surface area contributed by atoms with Crippen LogP contribution in [0.3, 0.4) is 0 Å². The first kappa shape index (κ1) is 13.9. The van der Waals surface area contributed by atoms with E-state index >= 15 is 0 Å². The summed E-state index contributed by atoms with van der Waals surface area (Å²) < 4.78 is 7.08. The highest BCUT2D eigenvalue weighted by molar-refractivity contribution is 5.91. The number of hydrogen-bond donors (Lipinski definition) is 0. The summed E-state index contributed by atoms with van der Waals surface area (Å²) in [6.07, 6.45) is 2.01. The summed E-state index contributed by atoms with van der Waals surface area (Å²) >= 11 is 0. The van der Waals surface area contributed by atoms with Crippen LogP contribution in [0.5, 0.6) is 0 Å². The molecule has 1 fully saturated rings. The van der Waals surface area contributed by atoms with Gasteiger partial charge in [0, 0.05) is 18.3 Å². The monoisotopic (exact) mass is 288 g/mol. The molecule has 0 spiro atoms. The maximum Gasteiger partial charge on any atom is 0.292 e. The average molecular weight is 288 g/mol. The third kappa shape index (κ3) is 2.70. The highest BCUT2D eigenvalue weighted by Gasteiger charge is 2.32. The summed E-state index contributed by atoms with van der Waals surface area (Å²) in [5, 5.41) is 8.28. The molecule has 3 heterocycles. The van der Waals surface area contributed by atoms with E-state index in [0.717, 1.165) is 43.0 Å². The first-order chi connectivity index (χ1) is 10.0. The summed E-state index contributed by atoms with van der Waals surface area (Å²) in [6.45, 7) is 7.35. The van der Waals surface area contributed by atoms with Gasteiger partial charge in [-0.15, -0.1) is 0 Å². The fourth-order valence-corrected chi connectivity index (χ4v) is 2.96. The topological polar surface area (TPSA) is 64.2 Å². The second kappa shape index (κ2) is 5.35. The highest BCUT2D eigenvalue weighted by atomic mass is 16.5. The lowest BCUT2D eigenvalue weighted by Gasteiger charge is -2.24. The standard InChI is InChI=1S/C15H20N4O2/c1-10-7-12(3)19(16-10)9-13-5-4-6-18(13)15(20)14-8-11(2)17-21-14/h7-8,13H,4-6,9H2,1-3H3/t13-/m0/s1. The number of aryl methyl sites for hydroxylation is 3. The molecule has 1 saturated heterocycles. The van der Waals surface area contributed by atoms with Crippen molar-refractivity contribution in [3.63, 3.8) is 0 Å². The van der Waals surface area contributed by atoms with Gasteiger partial charge in [-0.3, -0.25) is 9.48 Å². The van der Waals surface area contributed by atoms with Crippen molar-refractivity contribution in [2.75, 3.05) is 6.54 Å². The van der Waals surface area contributed by atoms with Crippen molar-refractivity contribution in [1.29, 1.82) is 0 Å². The number of aromatic nitrogens is 3. The van der Waals surface area contributed by atoms with E-state index in [1.165, 1.54) is 0 Å². The van der Waals surface area contributed by atoms with E-state index in [4.69, 9.17) is 4.52 Å². The van der Waals surface area contributed by atoms with E-state index in [0.29, 0.717) is 5.76 Å². The van der Waals surface area contributed by atoms with Crippen molar-refractivity contribution in [2.24, 2.45) is 0 Å². The smallest absolute Gasteiger partial charge is 0.292 e. The van der Waals surface area contributed by atoms with E-state index in [1.54, 1.807) is 6.07 Å². The van der Waals surface area contributed by atoms with Gasteiger partial charge in [-0.25, -0.2) is 0 Å². The van der Waals surface area contributed by atoms with Gasteiger partial charge in [-0.05, 0) is 39.7 Å². The van der Waals surface area contributed by atoms with Crippen LogP contribution < -0.4 is 0 Å². The summed E-state index contributed by atoms with van der Waals surface area (Å²) in [5.41, 5.74) is 2.86. The lowest BCUT2D eigenvalue weighted by atomic mass is 10.2. The van der Waals surface area contributed by atoms with Gasteiger partial charge >= 0.3 is 0 Å². The number of rotatable bonds is 3. The summed E-state index contributed by atoms with van der Waals surface area (Å²) in [7, 11) is 0.